The van der Waals surface area contributed by atoms with Gasteiger partial charge in [0.05, 0.1) is 17.4 Å². The van der Waals surface area contributed by atoms with Crippen LogP contribution >= 0.6 is 0 Å². The van der Waals surface area contributed by atoms with Gasteiger partial charge in [-0.2, -0.15) is 5.10 Å². The molecule has 0 saturated heterocycles. The van der Waals surface area contributed by atoms with Gasteiger partial charge in [-0.1, -0.05) is 13.0 Å². The van der Waals surface area contributed by atoms with Crippen molar-refractivity contribution in [3.05, 3.63) is 46.5 Å². The van der Waals surface area contributed by atoms with Gasteiger partial charge in [0.15, 0.2) is 0 Å². The molecule has 0 fully saturated rings. The van der Waals surface area contributed by atoms with E-state index in [1.807, 2.05) is 25.0 Å². The second kappa shape index (κ2) is 6.18. The number of hydrogen-bond acceptors (Lipinski definition) is 3. The Morgan fingerprint density at radius 3 is 2.60 bits per heavy atom. The lowest BCUT2D eigenvalue weighted by Crippen LogP contribution is -2.22. The van der Waals surface area contributed by atoms with Crippen molar-refractivity contribution in [2.75, 3.05) is 7.05 Å². The first kappa shape index (κ1) is 14.7. The molecule has 108 valence electrons. The zero-order valence-corrected chi connectivity index (χ0v) is 13.1. The molecule has 0 saturated carbocycles. The molecule has 2 aromatic rings. The molecule has 0 radical (unpaired) electrons. The van der Waals surface area contributed by atoms with Crippen LogP contribution in [-0.4, -0.2) is 21.8 Å². The van der Waals surface area contributed by atoms with Crippen LogP contribution in [0.4, 0.5) is 0 Å². The molecule has 0 aliphatic carbocycles. The van der Waals surface area contributed by atoms with Crippen LogP contribution in [0.2, 0.25) is 0 Å². The zero-order valence-electron chi connectivity index (χ0n) is 13.1. The van der Waals surface area contributed by atoms with Gasteiger partial charge < -0.3 is 5.32 Å². The average molecular weight is 272 g/mol. The van der Waals surface area contributed by atoms with Crippen molar-refractivity contribution in [2.45, 2.75) is 39.7 Å². The number of nitrogens with zero attached hydrogens (tertiary/aromatic N) is 3. The van der Waals surface area contributed by atoms with Crippen LogP contribution < -0.4 is 5.32 Å². The van der Waals surface area contributed by atoms with Crippen molar-refractivity contribution in [3.63, 3.8) is 0 Å². The molecule has 0 spiro atoms. The topological polar surface area (TPSA) is 42.7 Å². The monoisotopic (exact) mass is 272 g/mol. The summed E-state index contributed by atoms with van der Waals surface area (Å²) in [7, 11) is 4.00. The lowest BCUT2D eigenvalue weighted by molar-refractivity contribution is 0.545. The Hall–Kier alpha value is -1.68. The summed E-state index contributed by atoms with van der Waals surface area (Å²) in [5, 5.41) is 7.89. The highest BCUT2D eigenvalue weighted by atomic mass is 15.3. The number of likely N-dealkylation sites (N-methyl/N-ethyl adjacent to an activating group) is 1. The van der Waals surface area contributed by atoms with Gasteiger partial charge in [-0.3, -0.25) is 9.67 Å². The summed E-state index contributed by atoms with van der Waals surface area (Å²) in [5.74, 6) is 0. The molecule has 0 aliphatic heterocycles. The third kappa shape index (κ3) is 3.07. The molecule has 0 aliphatic rings. The number of pyridine rings is 1. The molecule has 2 rings (SSSR count). The molecule has 0 amide bonds. The van der Waals surface area contributed by atoms with E-state index in [0.29, 0.717) is 0 Å². The maximum atomic E-state index is 4.61. The fourth-order valence-corrected chi connectivity index (χ4v) is 2.57. The van der Waals surface area contributed by atoms with Crippen LogP contribution in [0.25, 0.3) is 0 Å². The number of aryl methyl sites for hydroxylation is 4. The van der Waals surface area contributed by atoms with Gasteiger partial charge >= 0.3 is 0 Å². The molecular weight excluding hydrogens is 248 g/mol. The predicted molar refractivity (Wildman–Crippen MR) is 81.8 cm³/mol. The van der Waals surface area contributed by atoms with E-state index < -0.39 is 0 Å². The number of nitrogens with one attached hydrogen (secondary N) is 1. The molecule has 20 heavy (non-hydrogen) atoms. The molecule has 4 heteroatoms. The zero-order chi connectivity index (χ0) is 14.7. The minimum absolute atomic E-state index is 0.218. The molecule has 2 aromatic heterocycles. The lowest BCUT2D eigenvalue weighted by atomic mass is 10.0. The van der Waals surface area contributed by atoms with Gasteiger partial charge in [0.2, 0.25) is 0 Å². The Bertz CT molecular complexity index is 586. The Morgan fingerprint density at radius 2 is 2.05 bits per heavy atom. The highest BCUT2D eigenvalue weighted by Gasteiger charge is 2.16. The van der Waals surface area contributed by atoms with Crippen molar-refractivity contribution < 1.29 is 0 Å². The van der Waals surface area contributed by atoms with Crippen molar-refractivity contribution in [3.8, 4) is 0 Å². The first-order valence-corrected chi connectivity index (χ1v) is 7.17. The largest absolute Gasteiger partial charge is 0.311 e. The molecule has 1 N–H and O–H groups in total. The highest BCUT2D eigenvalue weighted by molar-refractivity contribution is 5.27. The second-order valence-electron chi connectivity index (χ2n) is 5.36. The van der Waals surface area contributed by atoms with E-state index in [2.05, 4.69) is 48.3 Å². The minimum Gasteiger partial charge on any atom is -0.311 e. The van der Waals surface area contributed by atoms with Crippen LogP contribution in [0.1, 0.15) is 41.2 Å². The van der Waals surface area contributed by atoms with Crippen molar-refractivity contribution in [2.24, 2.45) is 7.05 Å². The van der Waals surface area contributed by atoms with E-state index in [9.17, 15) is 0 Å². The van der Waals surface area contributed by atoms with E-state index >= 15 is 0 Å². The first-order valence-electron chi connectivity index (χ1n) is 7.17. The van der Waals surface area contributed by atoms with Gasteiger partial charge in [0.25, 0.3) is 0 Å². The van der Waals surface area contributed by atoms with Crippen LogP contribution in [-0.2, 0) is 19.9 Å². The summed E-state index contributed by atoms with van der Waals surface area (Å²) in [4.78, 5) is 4.61. The van der Waals surface area contributed by atoms with Gasteiger partial charge in [-0.15, -0.1) is 0 Å². The van der Waals surface area contributed by atoms with E-state index in [4.69, 9.17) is 0 Å². The molecule has 0 aromatic carbocycles. The van der Waals surface area contributed by atoms with E-state index in [1.54, 1.807) is 0 Å². The maximum Gasteiger partial charge on any atom is 0.0624 e. The lowest BCUT2D eigenvalue weighted by Gasteiger charge is -2.18. The maximum absolute atomic E-state index is 4.61. The SMILES string of the molecule is CCc1cc(CC(NC)c2ncc(C)cc2C)n(C)n1. The Kier molecular flexibility index (Phi) is 4.55. The summed E-state index contributed by atoms with van der Waals surface area (Å²) in [6.07, 6.45) is 3.81. The predicted octanol–water partition coefficient (Wildman–Crippen LogP) is 2.50. The van der Waals surface area contributed by atoms with Gasteiger partial charge in [-0.25, -0.2) is 0 Å². The Labute approximate surface area is 121 Å². The summed E-state index contributed by atoms with van der Waals surface area (Å²) < 4.78 is 1.98. The number of aromatic nitrogens is 3. The quantitative estimate of drug-likeness (QED) is 0.909. The fraction of sp³-hybridized carbons (Fsp3) is 0.500. The van der Waals surface area contributed by atoms with Crippen molar-refractivity contribution in [1.29, 1.82) is 0 Å². The summed E-state index contributed by atoms with van der Waals surface area (Å²) >= 11 is 0. The molecule has 2 heterocycles. The van der Waals surface area contributed by atoms with Gasteiger partial charge in [0, 0.05) is 25.4 Å². The fourth-order valence-electron chi connectivity index (χ4n) is 2.57. The molecular formula is C16H24N4. The van der Waals surface area contributed by atoms with Crippen molar-refractivity contribution >= 4 is 0 Å². The van der Waals surface area contributed by atoms with Crippen LogP contribution in [0, 0.1) is 13.8 Å². The van der Waals surface area contributed by atoms with E-state index in [1.165, 1.54) is 16.8 Å². The van der Waals surface area contributed by atoms with Crippen LogP contribution in [0.3, 0.4) is 0 Å². The van der Waals surface area contributed by atoms with Crippen LogP contribution in [0.15, 0.2) is 18.3 Å². The minimum atomic E-state index is 0.218. The molecule has 4 nitrogen and oxygen atoms in total. The van der Waals surface area contributed by atoms with Gasteiger partial charge in [0.1, 0.15) is 0 Å². The van der Waals surface area contributed by atoms with E-state index in [-0.39, 0.29) is 6.04 Å². The molecule has 1 atom stereocenters. The Morgan fingerprint density at radius 1 is 1.30 bits per heavy atom. The molecule has 1 unspecified atom stereocenters. The smallest absolute Gasteiger partial charge is 0.0624 e. The molecule has 0 bridgehead atoms. The number of rotatable bonds is 5. The first-order chi connectivity index (χ1) is 9.55. The number of hydrogen-bond donors (Lipinski definition) is 1. The highest BCUT2D eigenvalue weighted by Crippen LogP contribution is 2.20. The van der Waals surface area contributed by atoms with Gasteiger partial charge in [-0.05, 0) is 44.5 Å². The third-order valence-electron chi connectivity index (χ3n) is 3.74. The normalized spacial score (nSPS) is 12.7. The average Bonchev–Trinajstić information content (AvgIpc) is 2.77. The standard InChI is InChI=1S/C16H24N4/c1-6-13-8-14(20(5)19-13)9-15(17-4)16-12(3)7-11(2)10-18-16/h7-8,10,15,17H,6,9H2,1-5H3. The summed E-state index contributed by atoms with van der Waals surface area (Å²) in [6.45, 7) is 6.33. The van der Waals surface area contributed by atoms with E-state index in [0.717, 1.165) is 24.2 Å². The van der Waals surface area contributed by atoms with Crippen molar-refractivity contribution in [1.82, 2.24) is 20.1 Å². The second-order valence-corrected chi connectivity index (χ2v) is 5.36. The third-order valence-corrected chi connectivity index (χ3v) is 3.74. The Balaban J connectivity index is 2.26. The summed E-state index contributed by atoms with van der Waals surface area (Å²) in [5.41, 5.74) is 5.95. The summed E-state index contributed by atoms with van der Waals surface area (Å²) in [6, 6.07) is 4.59. The van der Waals surface area contributed by atoms with Crippen LogP contribution in [0.5, 0.6) is 0 Å².